The van der Waals surface area contributed by atoms with Crippen molar-refractivity contribution in [1.82, 2.24) is 9.78 Å². The summed E-state index contributed by atoms with van der Waals surface area (Å²) in [4.78, 5) is 0. The van der Waals surface area contributed by atoms with Crippen LogP contribution in [0.5, 0.6) is 0 Å². The maximum absolute atomic E-state index is 14.0. The first kappa shape index (κ1) is 19.3. The van der Waals surface area contributed by atoms with Crippen LogP contribution in [0.2, 0.25) is 10.0 Å². The topological polar surface area (TPSA) is 17.8 Å². The van der Waals surface area contributed by atoms with Gasteiger partial charge in [-0.15, -0.1) is 0 Å². The molecule has 1 aromatic carbocycles. The van der Waals surface area contributed by atoms with Crippen LogP contribution in [0.4, 0.5) is 30.7 Å². The fraction of sp³-hybridized carbons (Fsp3) is 0.250. The molecule has 0 spiro atoms. The van der Waals surface area contributed by atoms with E-state index in [2.05, 4.69) is 21.0 Å². The second-order valence-electron chi connectivity index (χ2n) is 4.55. The summed E-state index contributed by atoms with van der Waals surface area (Å²) in [7, 11) is 0. The number of aromatic nitrogens is 2. The highest BCUT2D eigenvalue weighted by atomic mass is 79.9. The van der Waals surface area contributed by atoms with Crippen LogP contribution in [0.3, 0.4) is 0 Å². The first-order valence-electron chi connectivity index (χ1n) is 5.81. The van der Waals surface area contributed by atoms with Crippen molar-refractivity contribution in [3.63, 3.8) is 0 Å². The number of halogens is 10. The summed E-state index contributed by atoms with van der Waals surface area (Å²) < 4.78 is 92.1. The SMILES string of the molecule is FC(F)(F)C(F)(c1cc(Cl)c(-n2cc(Br)cn2)c(Cl)c1)C(F)(F)F. The molecule has 132 valence electrons. The highest BCUT2D eigenvalue weighted by molar-refractivity contribution is 9.10. The van der Waals surface area contributed by atoms with Crippen molar-refractivity contribution in [2.75, 3.05) is 0 Å². The molecule has 0 aliphatic heterocycles. The maximum atomic E-state index is 14.0. The van der Waals surface area contributed by atoms with Crippen molar-refractivity contribution in [2.24, 2.45) is 0 Å². The lowest BCUT2D eigenvalue weighted by atomic mass is 9.94. The Kier molecular flexibility index (Phi) is 4.88. The van der Waals surface area contributed by atoms with E-state index in [0.29, 0.717) is 4.47 Å². The average Bonchev–Trinajstić information content (AvgIpc) is 2.80. The number of alkyl halides is 7. The van der Waals surface area contributed by atoms with Gasteiger partial charge >= 0.3 is 18.0 Å². The Hall–Kier alpha value is -1.00. The molecule has 0 unspecified atom stereocenters. The molecule has 24 heavy (non-hydrogen) atoms. The van der Waals surface area contributed by atoms with E-state index in [4.69, 9.17) is 23.2 Å². The van der Waals surface area contributed by atoms with E-state index < -0.39 is 33.6 Å². The fourth-order valence-electron chi connectivity index (χ4n) is 1.89. The summed E-state index contributed by atoms with van der Waals surface area (Å²) in [6.45, 7) is 0. The first-order valence-corrected chi connectivity index (χ1v) is 7.36. The molecule has 2 aromatic rings. The molecule has 1 aromatic heterocycles. The minimum absolute atomic E-state index is 0.195. The van der Waals surface area contributed by atoms with Gasteiger partial charge in [-0.1, -0.05) is 23.2 Å². The molecule has 0 aliphatic rings. The van der Waals surface area contributed by atoms with Crippen LogP contribution in [-0.4, -0.2) is 22.1 Å². The molecule has 1 heterocycles. The van der Waals surface area contributed by atoms with Crippen molar-refractivity contribution in [3.8, 4) is 5.69 Å². The van der Waals surface area contributed by atoms with Gasteiger partial charge in [0.2, 0.25) is 0 Å². The number of rotatable bonds is 2. The lowest BCUT2D eigenvalue weighted by Gasteiger charge is -2.30. The monoisotopic (exact) mass is 458 g/mol. The Bertz CT molecular complexity index is 732. The normalized spacial score (nSPS) is 13.4. The van der Waals surface area contributed by atoms with Crippen molar-refractivity contribution in [2.45, 2.75) is 18.0 Å². The fourth-order valence-corrected chi connectivity index (χ4v) is 2.84. The molecule has 0 radical (unpaired) electrons. The Morgan fingerprint density at radius 1 is 0.917 bits per heavy atom. The van der Waals surface area contributed by atoms with Crippen molar-refractivity contribution >= 4 is 39.1 Å². The number of hydrogen-bond donors (Lipinski definition) is 0. The summed E-state index contributed by atoms with van der Waals surface area (Å²) in [6.07, 6.45) is -9.92. The molecular formula is C12H4BrCl2F7N2. The number of benzene rings is 1. The van der Waals surface area contributed by atoms with Crippen molar-refractivity contribution in [3.05, 3.63) is 44.6 Å². The van der Waals surface area contributed by atoms with Gasteiger partial charge in [-0.05, 0) is 28.1 Å². The molecule has 0 aliphatic carbocycles. The highest BCUT2D eigenvalue weighted by Crippen LogP contribution is 2.54. The Morgan fingerprint density at radius 3 is 1.71 bits per heavy atom. The van der Waals surface area contributed by atoms with E-state index in [1.807, 2.05) is 0 Å². The lowest BCUT2D eigenvalue weighted by molar-refractivity contribution is -0.348. The minimum atomic E-state index is -6.26. The van der Waals surface area contributed by atoms with Crippen LogP contribution in [0.1, 0.15) is 5.56 Å². The highest BCUT2D eigenvalue weighted by Gasteiger charge is 2.73. The molecule has 2 rings (SSSR count). The zero-order valence-corrected chi connectivity index (χ0v) is 14.1. The van der Waals surface area contributed by atoms with E-state index in [0.717, 1.165) is 4.68 Å². The van der Waals surface area contributed by atoms with Gasteiger partial charge in [-0.25, -0.2) is 9.07 Å². The van der Waals surface area contributed by atoms with Crippen LogP contribution in [-0.2, 0) is 5.67 Å². The molecule has 0 saturated carbocycles. The Morgan fingerprint density at radius 2 is 1.38 bits per heavy atom. The van der Waals surface area contributed by atoms with Crippen LogP contribution in [0.15, 0.2) is 29.0 Å². The van der Waals surface area contributed by atoms with Crippen molar-refractivity contribution < 1.29 is 30.7 Å². The summed E-state index contributed by atoms with van der Waals surface area (Å²) in [5.74, 6) is 0. The van der Waals surface area contributed by atoms with Gasteiger partial charge in [0.25, 0.3) is 0 Å². The van der Waals surface area contributed by atoms with Gasteiger partial charge in [0.1, 0.15) is 5.69 Å². The average molecular weight is 460 g/mol. The van der Waals surface area contributed by atoms with E-state index in [9.17, 15) is 30.7 Å². The molecule has 0 N–H and O–H groups in total. The first-order chi connectivity index (χ1) is 10.8. The van der Waals surface area contributed by atoms with E-state index in [1.165, 1.54) is 12.4 Å². The van der Waals surface area contributed by atoms with E-state index in [1.54, 1.807) is 0 Å². The van der Waals surface area contributed by atoms with E-state index >= 15 is 0 Å². The summed E-state index contributed by atoms with van der Waals surface area (Å²) >= 11 is 14.5. The largest absolute Gasteiger partial charge is 0.435 e. The van der Waals surface area contributed by atoms with Crippen molar-refractivity contribution in [1.29, 1.82) is 0 Å². The molecule has 12 heteroatoms. The zero-order chi connectivity index (χ0) is 18.5. The minimum Gasteiger partial charge on any atom is -0.237 e. The standard InChI is InChI=1S/C12H4BrCl2F7N2/c13-6-3-23-24(4-6)9-7(14)1-5(2-8(9)15)10(16,11(17,18)19)12(20,21)22/h1-4H. The summed E-state index contributed by atoms with van der Waals surface area (Å²) in [6, 6.07) is 0.443. The zero-order valence-electron chi connectivity index (χ0n) is 11.0. The summed E-state index contributed by atoms with van der Waals surface area (Å²) in [5.41, 5.74) is -7.58. The Labute approximate surface area is 148 Å². The van der Waals surface area contributed by atoms with E-state index in [-0.39, 0.29) is 17.8 Å². The third-order valence-electron chi connectivity index (χ3n) is 2.98. The molecule has 2 nitrogen and oxygen atoms in total. The second kappa shape index (κ2) is 6.06. The van der Waals surface area contributed by atoms with Gasteiger partial charge in [-0.3, -0.25) is 0 Å². The molecule has 0 atom stereocenters. The third-order valence-corrected chi connectivity index (χ3v) is 3.96. The maximum Gasteiger partial charge on any atom is 0.435 e. The quantitative estimate of drug-likeness (QED) is 0.487. The number of nitrogens with zero attached hydrogens (tertiary/aromatic N) is 2. The smallest absolute Gasteiger partial charge is 0.237 e. The Balaban J connectivity index is 2.69. The van der Waals surface area contributed by atoms with Gasteiger partial charge < -0.3 is 0 Å². The van der Waals surface area contributed by atoms with Crippen LogP contribution >= 0.6 is 39.1 Å². The van der Waals surface area contributed by atoms with Gasteiger partial charge in [0.05, 0.1) is 20.7 Å². The molecular weight excluding hydrogens is 456 g/mol. The predicted octanol–water partition coefficient (Wildman–Crippen LogP) is 6.23. The predicted molar refractivity (Wildman–Crippen MR) is 76.2 cm³/mol. The number of hydrogen-bond acceptors (Lipinski definition) is 1. The van der Waals surface area contributed by atoms with Gasteiger partial charge in [-0.2, -0.15) is 31.4 Å². The second-order valence-corrected chi connectivity index (χ2v) is 6.28. The van der Waals surface area contributed by atoms with Gasteiger partial charge in [0, 0.05) is 11.8 Å². The molecule has 0 bridgehead atoms. The molecule has 0 amide bonds. The van der Waals surface area contributed by atoms with Crippen LogP contribution in [0.25, 0.3) is 5.69 Å². The molecule has 0 fully saturated rings. The van der Waals surface area contributed by atoms with Crippen LogP contribution < -0.4 is 0 Å². The molecule has 0 saturated heterocycles. The summed E-state index contributed by atoms with van der Waals surface area (Å²) in [5, 5.41) is 2.49. The lowest BCUT2D eigenvalue weighted by Crippen LogP contribution is -2.50. The van der Waals surface area contributed by atoms with Gasteiger partial charge in [0.15, 0.2) is 0 Å². The van der Waals surface area contributed by atoms with Crippen LogP contribution in [0, 0.1) is 0 Å². The third kappa shape index (κ3) is 3.11.